The van der Waals surface area contributed by atoms with Crippen LogP contribution in [0.3, 0.4) is 0 Å². The van der Waals surface area contributed by atoms with Gasteiger partial charge in [-0.3, -0.25) is 9.52 Å². The minimum Gasteiger partial charge on any atom is -0.497 e. The van der Waals surface area contributed by atoms with Gasteiger partial charge in [-0.25, -0.2) is 28.4 Å². The molecule has 220 valence electrons. The first-order valence-corrected chi connectivity index (χ1v) is 15.7. The Morgan fingerprint density at radius 3 is 2.52 bits per heavy atom. The predicted molar refractivity (Wildman–Crippen MR) is 162 cm³/mol. The molecule has 0 saturated heterocycles. The van der Waals surface area contributed by atoms with E-state index in [0.717, 1.165) is 28.0 Å². The molecule has 0 fully saturated rings. The zero-order valence-corrected chi connectivity index (χ0v) is 25.6. The molecular weight excluding hydrogens is 624 g/mol. The highest BCUT2D eigenvalue weighted by molar-refractivity contribution is 8.00. The van der Waals surface area contributed by atoms with E-state index in [9.17, 15) is 13.2 Å². The number of guanidine groups is 1. The molecule has 0 atom stereocenters. The van der Waals surface area contributed by atoms with Crippen LogP contribution in [0, 0.1) is 0 Å². The van der Waals surface area contributed by atoms with Crippen LogP contribution >= 0.6 is 34.7 Å². The van der Waals surface area contributed by atoms with Crippen LogP contribution in [-0.2, 0) is 14.8 Å². The molecule has 0 spiro atoms. The number of methoxy groups -OCH3 is 1. The lowest BCUT2D eigenvalue weighted by atomic mass is 10.2. The minimum atomic E-state index is -4.16. The van der Waals surface area contributed by atoms with Crippen LogP contribution in [0.15, 0.2) is 63.0 Å². The van der Waals surface area contributed by atoms with Gasteiger partial charge in [0.15, 0.2) is 17.6 Å². The summed E-state index contributed by atoms with van der Waals surface area (Å²) in [7, 11) is -2.69. The standard InChI is InChI=1S/C25H25ClN8O5S3/c1-13(2)17-7-8-19(41-17)42(36,37)34-21-20(39-16-11-14(38-3)5-6-15(16)26)24(40-12-18(35)31-25(27)28)33-23(32-21)22-29-9-4-10-30-22/h4-11,13H,12H2,1-3H3,(H,32,33,34)(H4,27,28,31,35). The van der Waals surface area contributed by atoms with Crippen LogP contribution in [-0.4, -0.2) is 53.1 Å². The van der Waals surface area contributed by atoms with Crippen LogP contribution in [0.2, 0.25) is 5.02 Å². The first-order chi connectivity index (χ1) is 20.0. The van der Waals surface area contributed by atoms with Crippen molar-refractivity contribution in [3.63, 3.8) is 0 Å². The van der Waals surface area contributed by atoms with Crippen molar-refractivity contribution in [1.29, 1.82) is 0 Å². The second kappa shape index (κ2) is 13.3. The Hall–Kier alpha value is -3.99. The maximum Gasteiger partial charge on any atom is 0.272 e. The Balaban J connectivity index is 1.89. The number of thiophene rings is 1. The third kappa shape index (κ3) is 7.64. The number of benzene rings is 1. The maximum atomic E-state index is 13.6. The topological polar surface area (TPSA) is 198 Å². The Kier molecular flexibility index (Phi) is 9.82. The second-order valence-corrected chi connectivity index (χ2v) is 13.0. The molecule has 42 heavy (non-hydrogen) atoms. The van der Waals surface area contributed by atoms with E-state index < -0.39 is 21.9 Å². The lowest BCUT2D eigenvalue weighted by Gasteiger charge is -2.17. The van der Waals surface area contributed by atoms with E-state index in [2.05, 4.69) is 29.7 Å². The normalized spacial score (nSPS) is 11.3. The third-order valence-corrected chi connectivity index (χ3v) is 9.67. The summed E-state index contributed by atoms with van der Waals surface area (Å²) in [6.07, 6.45) is 2.95. The smallest absolute Gasteiger partial charge is 0.272 e. The molecule has 5 N–H and O–H groups in total. The van der Waals surface area contributed by atoms with Gasteiger partial charge in [0.25, 0.3) is 15.9 Å². The molecule has 0 radical (unpaired) electrons. The highest BCUT2D eigenvalue weighted by atomic mass is 35.5. The van der Waals surface area contributed by atoms with Gasteiger partial charge < -0.3 is 20.9 Å². The van der Waals surface area contributed by atoms with Gasteiger partial charge in [-0.05, 0) is 36.2 Å². The van der Waals surface area contributed by atoms with Crippen molar-refractivity contribution in [2.45, 2.75) is 29.0 Å². The van der Waals surface area contributed by atoms with E-state index >= 15 is 0 Å². The molecule has 0 saturated carbocycles. The average Bonchev–Trinajstić information content (AvgIpc) is 3.46. The first-order valence-electron chi connectivity index (χ1n) is 12.1. The highest BCUT2D eigenvalue weighted by Gasteiger charge is 2.26. The van der Waals surface area contributed by atoms with Crippen LogP contribution < -0.4 is 25.7 Å². The Bertz CT molecular complexity index is 1730. The largest absolute Gasteiger partial charge is 0.497 e. The summed E-state index contributed by atoms with van der Waals surface area (Å²) in [6.45, 7) is 3.92. The number of aliphatic imine (C=N–C) groups is 1. The molecule has 0 aliphatic rings. The number of nitrogens with two attached hydrogens (primary N) is 2. The lowest BCUT2D eigenvalue weighted by Crippen LogP contribution is -2.24. The molecule has 0 aliphatic carbocycles. The second-order valence-electron chi connectivity index (χ2n) is 8.64. The quantitative estimate of drug-likeness (QED) is 0.0905. The summed E-state index contributed by atoms with van der Waals surface area (Å²) in [5.74, 6) is -1.03. The number of sulfonamides is 1. The summed E-state index contributed by atoms with van der Waals surface area (Å²) in [6, 6.07) is 9.52. The summed E-state index contributed by atoms with van der Waals surface area (Å²) in [5.41, 5.74) is 10.7. The van der Waals surface area contributed by atoms with E-state index in [0.29, 0.717) is 5.75 Å². The van der Waals surface area contributed by atoms with Gasteiger partial charge in [-0.15, -0.1) is 11.3 Å². The number of nitrogens with zero attached hydrogens (tertiary/aromatic N) is 5. The first kappa shape index (κ1) is 31.0. The van der Waals surface area contributed by atoms with Crippen LogP contribution in [0.25, 0.3) is 11.6 Å². The van der Waals surface area contributed by atoms with Gasteiger partial charge in [0.05, 0.1) is 17.9 Å². The number of aromatic nitrogens is 4. The fraction of sp³-hybridized carbons (Fsp3) is 0.200. The van der Waals surface area contributed by atoms with E-state index in [4.69, 9.17) is 32.5 Å². The van der Waals surface area contributed by atoms with Gasteiger partial charge in [-0.2, -0.15) is 4.99 Å². The maximum absolute atomic E-state index is 13.6. The summed E-state index contributed by atoms with van der Waals surface area (Å²) in [4.78, 5) is 34.0. The molecule has 0 aliphatic heterocycles. The van der Waals surface area contributed by atoms with Crippen molar-refractivity contribution in [3.8, 4) is 28.9 Å². The molecule has 0 unspecified atom stereocenters. The van der Waals surface area contributed by atoms with Gasteiger partial charge in [0.2, 0.25) is 11.6 Å². The highest BCUT2D eigenvalue weighted by Crippen LogP contribution is 2.42. The van der Waals surface area contributed by atoms with Crippen molar-refractivity contribution in [2.24, 2.45) is 16.5 Å². The molecule has 1 amide bonds. The number of hydrogen-bond donors (Lipinski definition) is 3. The van der Waals surface area contributed by atoms with Gasteiger partial charge >= 0.3 is 0 Å². The fourth-order valence-electron chi connectivity index (χ4n) is 3.28. The molecular formula is C25H25ClN8O5S3. The van der Waals surface area contributed by atoms with E-state index in [-0.39, 0.29) is 54.9 Å². The molecule has 1 aromatic carbocycles. The number of rotatable bonds is 11. The zero-order valence-electron chi connectivity index (χ0n) is 22.4. The molecule has 4 aromatic rings. The predicted octanol–water partition coefficient (Wildman–Crippen LogP) is 4.27. The number of anilines is 1. The fourth-order valence-corrected chi connectivity index (χ4v) is 6.51. The monoisotopic (exact) mass is 648 g/mol. The van der Waals surface area contributed by atoms with E-state index in [1.165, 1.54) is 31.6 Å². The minimum absolute atomic E-state index is 0.0387. The number of thioether (sulfide) groups is 1. The number of ether oxygens (including phenoxy) is 2. The number of carbonyl (C=O) groups excluding carboxylic acids is 1. The number of halogens is 1. The number of carbonyl (C=O) groups is 1. The van der Waals surface area contributed by atoms with Crippen molar-refractivity contribution < 1.29 is 22.7 Å². The summed E-state index contributed by atoms with van der Waals surface area (Å²) in [5, 5.41) is 0.240. The average molecular weight is 649 g/mol. The van der Waals surface area contributed by atoms with Crippen molar-refractivity contribution in [1.82, 2.24) is 19.9 Å². The van der Waals surface area contributed by atoms with Crippen LogP contribution in [0.4, 0.5) is 5.82 Å². The van der Waals surface area contributed by atoms with E-state index in [1.807, 2.05) is 13.8 Å². The summed E-state index contributed by atoms with van der Waals surface area (Å²) < 4.78 is 41.1. The Morgan fingerprint density at radius 1 is 1.14 bits per heavy atom. The number of hydrogen-bond acceptors (Lipinski definition) is 11. The SMILES string of the molecule is COc1ccc(Cl)c(Oc2c(NS(=O)(=O)c3ccc(C(C)C)s3)nc(-c3ncccn3)nc2SCC(=O)N=C(N)N)c1. The van der Waals surface area contributed by atoms with E-state index in [1.54, 1.807) is 24.3 Å². The molecule has 4 rings (SSSR count). The molecule has 13 nitrogen and oxygen atoms in total. The van der Waals surface area contributed by atoms with Crippen LogP contribution in [0.5, 0.6) is 17.2 Å². The summed E-state index contributed by atoms with van der Waals surface area (Å²) >= 11 is 8.40. The third-order valence-electron chi connectivity index (χ3n) is 5.20. The molecule has 3 heterocycles. The number of nitrogens with one attached hydrogen (secondary N) is 1. The lowest BCUT2D eigenvalue weighted by molar-refractivity contribution is -0.115. The molecule has 3 aromatic heterocycles. The van der Waals surface area contributed by atoms with Crippen molar-refractivity contribution in [3.05, 3.63) is 58.7 Å². The van der Waals surface area contributed by atoms with Gasteiger partial charge in [0.1, 0.15) is 20.7 Å². The molecule has 17 heteroatoms. The van der Waals surface area contributed by atoms with Crippen LogP contribution in [0.1, 0.15) is 24.6 Å². The van der Waals surface area contributed by atoms with Crippen molar-refractivity contribution >= 4 is 62.4 Å². The Morgan fingerprint density at radius 2 is 1.88 bits per heavy atom. The molecule has 0 bridgehead atoms. The zero-order chi connectivity index (χ0) is 30.4. The number of amides is 1. The van der Waals surface area contributed by atoms with Gasteiger partial charge in [0, 0.05) is 23.3 Å². The van der Waals surface area contributed by atoms with Crippen molar-refractivity contribution in [2.75, 3.05) is 17.6 Å². The Labute approximate surface area is 254 Å². The van der Waals surface area contributed by atoms with Gasteiger partial charge in [-0.1, -0.05) is 37.2 Å².